The number of amides is 1. The first-order valence-electron chi connectivity index (χ1n) is 5.74. The lowest BCUT2D eigenvalue weighted by Crippen LogP contribution is -2.39. The van der Waals surface area contributed by atoms with Crippen LogP contribution in [0.3, 0.4) is 0 Å². The van der Waals surface area contributed by atoms with Crippen LogP contribution in [0.4, 0.5) is 0 Å². The fourth-order valence-electron chi connectivity index (χ4n) is 1.45. The first-order valence-corrected chi connectivity index (χ1v) is 5.74. The molecular weight excluding hydrogens is 204 g/mol. The Morgan fingerprint density at radius 2 is 2.38 bits per heavy atom. The summed E-state index contributed by atoms with van der Waals surface area (Å²) in [5, 5.41) is 5.93. The van der Waals surface area contributed by atoms with Crippen LogP contribution >= 0.6 is 0 Å². The number of rotatable bonds is 7. The molecule has 1 rings (SSSR count). The normalized spacial score (nSPS) is 12.4. The van der Waals surface area contributed by atoms with Gasteiger partial charge in [0.05, 0.1) is 12.8 Å². The van der Waals surface area contributed by atoms with Gasteiger partial charge in [-0.1, -0.05) is 6.92 Å². The Bertz CT molecular complexity index is 296. The van der Waals surface area contributed by atoms with Crippen LogP contribution in [0.1, 0.15) is 26.0 Å². The molecule has 1 heterocycles. The highest BCUT2D eigenvalue weighted by Crippen LogP contribution is 2.05. The van der Waals surface area contributed by atoms with E-state index >= 15 is 0 Å². The molecular formula is C12H20N2O2. The SMILES string of the molecule is CCNCC(=O)NC(C)CCc1ccco1. The van der Waals surface area contributed by atoms with Crippen LogP contribution in [0.15, 0.2) is 22.8 Å². The molecule has 16 heavy (non-hydrogen) atoms. The van der Waals surface area contributed by atoms with Gasteiger partial charge in [0.2, 0.25) is 5.91 Å². The fourth-order valence-corrected chi connectivity index (χ4v) is 1.45. The molecule has 0 radical (unpaired) electrons. The third-order valence-corrected chi connectivity index (χ3v) is 2.35. The van der Waals surface area contributed by atoms with Crippen molar-refractivity contribution in [3.05, 3.63) is 24.2 Å². The lowest BCUT2D eigenvalue weighted by atomic mass is 10.1. The van der Waals surface area contributed by atoms with Crippen molar-refractivity contribution < 1.29 is 9.21 Å². The number of hydrogen-bond acceptors (Lipinski definition) is 3. The minimum Gasteiger partial charge on any atom is -0.469 e. The largest absolute Gasteiger partial charge is 0.469 e. The van der Waals surface area contributed by atoms with Crippen LogP contribution in [0, 0.1) is 0 Å². The summed E-state index contributed by atoms with van der Waals surface area (Å²) in [5.41, 5.74) is 0. The third kappa shape index (κ3) is 4.98. The second kappa shape index (κ2) is 7.06. The highest BCUT2D eigenvalue weighted by atomic mass is 16.3. The van der Waals surface area contributed by atoms with Crippen molar-refractivity contribution in [1.82, 2.24) is 10.6 Å². The maximum absolute atomic E-state index is 11.4. The van der Waals surface area contributed by atoms with Crippen molar-refractivity contribution in [3.63, 3.8) is 0 Å². The van der Waals surface area contributed by atoms with Gasteiger partial charge in [-0.3, -0.25) is 4.79 Å². The van der Waals surface area contributed by atoms with Crippen molar-refractivity contribution in [2.24, 2.45) is 0 Å². The van der Waals surface area contributed by atoms with Crippen LogP contribution < -0.4 is 10.6 Å². The van der Waals surface area contributed by atoms with Gasteiger partial charge in [-0.2, -0.15) is 0 Å². The monoisotopic (exact) mass is 224 g/mol. The quantitative estimate of drug-likeness (QED) is 0.734. The Labute approximate surface area is 96.4 Å². The lowest BCUT2D eigenvalue weighted by molar-refractivity contribution is -0.120. The van der Waals surface area contributed by atoms with E-state index in [0.29, 0.717) is 6.54 Å². The molecule has 0 saturated heterocycles. The van der Waals surface area contributed by atoms with Crippen molar-refractivity contribution in [2.45, 2.75) is 32.7 Å². The predicted octanol–water partition coefficient (Wildman–Crippen LogP) is 1.33. The van der Waals surface area contributed by atoms with Gasteiger partial charge in [-0.05, 0) is 32.0 Å². The summed E-state index contributed by atoms with van der Waals surface area (Å²) in [4.78, 5) is 11.4. The predicted molar refractivity (Wildman–Crippen MR) is 63.2 cm³/mol. The molecule has 0 aliphatic carbocycles. The number of hydrogen-bond donors (Lipinski definition) is 2. The van der Waals surface area contributed by atoms with E-state index in [1.54, 1.807) is 6.26 Å². The average molecular weight is 224 g/mol. The minimum atomic E-state index is 0.0498. The second-order valence-electron chi connectivity index (χ2n) is 3.87. The van der Waals surface area contributed by atoms with E-state index in [0.717, 1.165) is 25.1 Å². The maximum atomic E-state index is 11.4. The number of carbonyl (C=O) groups is 1. The molecule has 1 aromatic rings. The van der Waals surface area contributed by atoms with E-state index in [-0.39, 0.29) is 11.9 Å². The fraction of sp³-hybridized carbons (Fsp3) is 0.583. The Balaban J connectivity index is 2.15. The zero-order valence-electron chi connectivity index (χ0n) is 9.95. The topological polar surface area (TPSA) is 54.3 Å². The molecule has 0 aromatic carbocycles. The highest BCUT2D eigenvalue weighted by Gasteiger charge is 2.07. The van der Waals surface area contributed by atoms with Gasteiger partial charge in [0.1, 0.15) is 5.76 Å². The minimum absolute atomic E-state index is 0.0498. The Hall–Kier alpha value is -1.29. The van der Waals surface area contributed by atoms with Gasteiger partial charge in [-0.25, -0.2) is 0 Å². The molecule has 1 unspecified atom stereocenters. The van der Waals surface area contributed by atoms with Crippen molar-refractivity contribution in [1.29, 1.82) is 0 Å². The summed E-state index contributed by atoms with van der Waals surface area (Å²) < 4.78 is 5.23. The third-order valence-electron chi connectivity index (χ3n) is 2.35. The molecule has 4 heteroatoms. The van der Waals surface area contributed by atoms with E-state index in [1.165, 1.54) is 0 Å². The van der Waals surface area contributed by atoms with Crippen molar-refractivity contribution >= 4 is 5.91 Å². The molecule has 0 fully saturated rings. The Morgan fingerprint density at radius 3 is 3.00 bits per heavy atom. The van der Waals surface area contributed by atoms with Gasteiger partial charge < -0.3 is 15.1 Å². The number of nitrogens with one attached hydrogen (secondary N) is 2. The Kier molecular flexibility index (Phi) is 5.64. The van der Waals surface area contributed by atoms with E-state index in [4.69, 9.17) is 4.42 Å². The molecule has 0 aliphatic heterocycles. The summed E-state index contributed by atoms with van der Waals surface area (Å²) in [5.74, 6) is 1.02. The van der Waals surface area contributed by atoms with Crippen LogP contribution in [-0.4, -0.2) is 25.0 Å². The van der Waals surface area contributed by atoms with Gasteiger partial charge in [0.25, 0.3) is 0 Å². The van der Waals surface area contributed by atoms with Crippen LogP contribution in [-0.2, 0) is 11.2 Å². The summed E-state index contributed by atoms with van der Waals surface area (Å²) >= 11 is 0. The number of carbonyl (C=O) groups excluding carboxylic acids is 1. The molecule has 1 amide bonds. The molecule has 4 nitrogen and oxygen atoms in total. The average Bonchev–Trinajstić information content (AvgIpc) is 2.76. The van der Waals surface area contributed by atoms with Crippen molar-refractivity contribution in [2.75, 3.05) is 13.1 Å². The summed E-state index contributed by atoms with van der Waals surface area (Å²) in [7, 11) is 0. The molecule has 0 bridgehead atoms. The summed E-state index contributed by atoms with van der Waals surface area (Å²) in [6, 6.07) is 4.01. The van der Waals surface area contributed by atoms with Gasteiger partial charge >= 0.3 is 0 Å². The Morgan fingerprint density at radius 1 is 1.56 bits per heavy atom. The molecule has 1 atom stereocenters. The van der Waals surface area contributed by atoms with Gasteiger partial charge in [-0.15, -0.1) is 0 Å². The van der Waals surface area contributed by atoms with E-state index in [9.17, 15) is 4.79 Å². The first-order chi connectivity index (χ1) is 7.72. The molecule has 1 aromatic heterocycles. The smallest absolute Gasteiger partial charge is 0.234 e. The van der Waals surface area contributed by atoms with E-state index in [1.807, 2.05) is 26.0 Å². The standard InChI is InChI=1S/C12H20N2O2/c1-3-13-9-12(15)14-10(2)6-7-11-5-4-8-16-11/h4-5,8,10,13H,3,6-7,9H2,1-2H3,(H,14,15). The lowest BCUT2D eigenvalue weighted by Gasteiger charge is -2.13. The number of furan rings is 1. The van der Waals surface area contributed by atoms with Crippen molar-refractivity contribution in [3.8, 4) is 0 Å². The van der Waals surface area contributed by atoms with E-state index in [2.05, 4.69) is 10.6 Å². The van der Waals surface area contributed by atoms with Crippen LogP contribution in [0.25, 0.3) is 0 Å². The summed E-state index contributed by atoms with van der Waals surface area (Å²) in [6.45, 7) is 5.19. The zero-order chi connectivity index (χ0) is 11.8. The summed E-state index contributed by atoms with van der Waals surface area (Å²) in [6.07, 6.45) is 3.42. The highest BCUT2D eigenvalue weighted by molar-refractivity contribution is 5.78. The first kappa shape index (κ1) is 12.8. The van der Waals surface area contributed by atoms with Crippen LogP contribution in [0.2, 0.25) is 0 Å². The molecule has 0 aliphatic rings. The number of likely N-dealkylation sites (N-methyl/N-ethyl adjacent to an activating group) is 1. The molecule has 0 saturated carbocycles. The van der Waals surface area contributed by atoms with Crippen LogP contribution in [0.5, 0.6) is 0 Å². The number of aryl methyl sites for hydroxylation is 1. The van der Waals surface area contributed by atoms with Gasteiger partial charge in [0.15, 0.2) is 0 Å². The second-order valence-corrected chi connectivity index (χ2v) is 3.87. The molecule has 90 valence electrons. The van der Waals surface area contributed by atoms with Gasteiger partial charge in [0, 0.05) is 12.5 Å². The molecule has 2 N–H and O–H groups in total. The maximum Gasteiger partial charge on any atom is 0.234 e. The zero-order valence-corrected chi connectivity index (χ0v) is 9.95. The van der Waals surface area contributed by atoms with E-state index < -0.39 is 0 Å². The molecule has 0 spiro atoms.